The second-order valence-corrected chi connectivity index (χ2v) is 8.70. The van der Waals surface area contributed by atoms with Crippen molar-refractivity contribution in [3.8, 4) is 5.75 Å². The van der Waals surface area contributed by atoms with Crippen LogP contribution in [0.5, 0.6) is 5.75 Å². The van der Waals surface area contributed by atoms with E-state index in [1.165, 1.54) is 4.31 Å². The fourth-order valence-corrected chi connectivity index (χ4v) is 4.30. The number of fused-ring (bicyclic) bond motifs is 1. The highest BCUT2D eigenvalue weighted by molar-refractivity contribution is 7.92. The fraction of sp³-hybridized carbons (Fsp3) is 0.333. The molecule has 1 heterocycles. The van der Waals surface area contributed by atoms with Crippen LogP contribution in [-0.4, -0.2) is 45.7 Å². The average Bonchev–Trinajstić information content (AvgIpc) is 3.16. The van der Waals surface area contributed by atoms with Crippen LogP contribution in [0.25, 0.3) is 0 Å². The van der Waals surface area contributed by atoms with Crippen molar-refractivity contribution in [2.24, 2.45) is 0 Å². The highest BCUT2D eigenvalue weighted by atomic mass is 32.2. The van der Waals surface area contributed by atoms with Gasteiger partial charge in [-0.1, -0.05) is 0 Å². The summed E-state index contributed by atoms with van der Waals surface area (Å²) in [6, 6.07) is 11.4. The molecular formula is C21H23NO6S. The molecule has 0 aromatic heterocycles. The summed E-state index contributed by atoms with van der Waals surface area (Å²) in [6.07, 6.45) is 0.543. The van der Waals surface area contributed by atoms with E-state index < -0.39 is 16.0 Å². The number of hydrogen-bond acceptors (Lipinski definition) is 6. The third kappa shape index (κ3) is 4.59. The van der Waals surface area contributed by atoms with Crippen LogP contribution in [0.1, 0.15) is 40.1 Å². The third-order valence-corrected chi connectivity index (χ3v) is 6.47. The first-order valence-corrected chi connectivity index (χ1v) is 11.0. The highest BCUT2D eigenvalue weighted by Crippen LogP contribution is 2.31. The number of Topliss-reactive ketones (excluding diaryl/α,β-unsaturated/α-hetero) is 1. The summed E-state index contributed by atoms with van der Waals surface area (Å²) in [4.78, 5) is 24.6. The molecule has 0 radical (unpaired) electrons. The molecule has 1 aliphatic rings. The van der Waals surface area contributed by atoms with Crippen LogP contribution in [0.15, 0.2) is 42.5 Å². The van der Waals surface area contributed by atoms with Crippen LogP contribution >= 0.6 is 0 Å². The Labute approximate surface area is 170 Å². The van der Waals surface area contributed by atoms with Gasteiger partial charge in [-0.15, -0.1) is 0 Å². The molecule has 7 nitrogen and oxygen atoms in total. The van der Waals surface area contributed by atoms with Crippen molar-refractivity contribution in [1.29, 1.82) is 0 Å². The van der Waals surface area contributed by atoms with Crippen molar-refractivity contribution in [2.75, 3.05) is 29.8 Å². The quantitative estimate of drug-likeness (QED) is 0.485. The largest absolute Gasteiger partial charge is 0.494 e. The van der Waals surface area contributed by atoms with E-state index in [1.54, 1.807) is 49.4 Å². The Morgan fingerprint density at radius 2 is 1.72 bits per heavy atom. The van der Waals surface area contributed by atoms with Crippen LogP contribution in [0, 0.1) is 0 Å². The third-order valence-electron chi connectivity index (χ3n) is 4.69. The molecule has 8 heteroatoms. The molecule has 2 aromatic carbocycles. The predicted octanol–water partition coefficient (Wildman–Crippen LogP) is 2.84. The van der Waals surface area contributed by atoms with Gasteiger partial charge in [0.15, 0.2) is 12.4 Å². The molecule has 3 rings (SSSR count). The SMILES string of the molecule is CCOc1ccc(C(=O)OCC(=O)c2ccc3c(c2)CCN3S(=O)(=O)CC)cc1. The van der Waals surface area contributed by atoms with Crippen molar-refractivity contribution in [3.05, 3.63) is 59.2 Å². The zero-order valence-electron chi connectivity index (χ0n) is 16.4. The topological polar surface area (TPSA) is 90.0 Å². The van der Waals surface area contributed by atoms with Crippen molar-refractivity contribution < 1.29 is 27.5 Å². The van der Waals surface area contributed by atoms with E-state index in [0.29, 0.717) is 42.1 Å². The van der Waals surface area contributed by atoms with Crippen molar-refractivity contribution in [3.63, 3.8) is 0 Å². The lowest BCUT2D eigenvalue weighted by atomic mass is 10.1. The molecule has 0 fully saturated rings. The fourth-order valence-electron chi connectivity index (χ4n) is 3.14. The van der Waals surface area contributed by atoms with Crippen molar-refractivity contribution in [2.45, 2.75) is 20.3 Å². The van der Waals surface area contributed by atoms with E-state index in [9.17, 15) is 18.0 Å². The van der Waals surface area contributed by atoms with Gasteiger partial charge in [0.05, 0.1) is 23.6 Å². The first-order chi connectivity index (χ1) is 13.9. The van der Waals surface area contributed by atoms with Crippen LogP contribution in [0.4, 0.5) is 5.69 Å². The summed E-state index contributed by atoms with van der Waals surface area (Å²) in [5.41, 5.74) is 2.12. The van der Waals surface area contributed by atoms with Crippen LogP contribution in [0.2, 0.25) is 0 Å². The molecular weight excluding hydrogens is 394 g/mol. The van der Waals surface area contributed by atoms with Crippen LogP contribution < -0.4 is 9.04 Å². The molecule has 2 aromatic rings. The van der Waals surface area contributed by atoms with Gasteiger partial charge in [-0.3, -0.25) is 9.10 Å². The first kappa shape index (κ1) is 20.9. The van der Waals surface area contributed by atoms with Gasteiger partial charge in [-0.25, -0.2) is 13.2 Å². The lowest BCUT2D eigenvalue weighted by Gasteiger charge is -2.18. The normalized spacial score (nSPS) is 13.1. The van der Waals surface area contributed by atoms with Crippen molar-refractivity contribution >= 4 is 27.5 Å². The smallest absolute Gasteiger partial charge is 0.338 e. The number of carbonyl (C=O) groups is 2. The number of carbonyl (C=O) groups excluding carboxylic acids is 2. The van der Waals surface area contributed by atoms with Gasteiger partial charge in [0.1, 0.15) is 5.75 Å². The summed E-state index contributed by atoms with van der Waals surface area (Å²) in [5.74, 6) is -0.265. The van der Waals surface area contributed by atoms with Gasteiger partial charge in [-0.2, -0.15) is 0 Å². The maximum absolute atomic E-state index is 12.4. The Hall–Kier alpha value is -2.87. The Morgan fingerprint density at radius 3 is 2.38 bits per heavy atom. The molecule has 0 atom stereocenters. The minimum absolute atomic E-state index is 0.0224. The molecule has 0 bridgehead atoms. The van der Waals surface area contributed by atoms with Gasteiger partial charge in [-0.05, 0) is 68.3 Å². The Balaban J connectivity index is 1.64. The van der Waals surface area contributed by atoms with Crippen LogP contribution in [0.3, 0.4) is 0 Å². The summed E-state index contributed by atoms with van der Waals surface area (Å²) in [5, 5.41) is 0. The molecule has 0 saturated heterocycles. The Morgan fingerprint density at radius 1 is 1.03 bits per heavy atom. The van der Waals surface area contributed by atoms with Gasteiger partial charge in [0.25, 0.3) is 0 Å². The molecule has 0 amide bonds. The molecule has 0 N–H and O–H groups in total. The molecule has 1 aliphatic heterocycles. The number of hydrogen-bond donors (Lipinski definition) is 0. The number of benzene rings is 2. The monoisotopic (exact) mass is 417 g/mol. The first-order valence-electron chi connectivity index (χ1n) is 9.42. The Bertz CT molecular complexity index is 1010. The van der Waals surface area contributed by atoms with E-state index in [2.05, 4.69) is 0 Å². The predicted molar refractivity (Wildman–Crippen MR) is 109 cm³/mol. The number of nitrogens with zero attached hydrogens (tertiary/aromatic N) is 1. The average molecular weight is 417 g/mol. The number of ketones is 1. The number of sulfonamides is 1. The van der Waals surface area contributed by atoms with Gasteiger partial charge < -0.3 is 9.47 Å². The van der Waals surface area contributed by atoms with E-state index in [4.69, 9.17) is 9.47 Å². The van der Waals surface area contributed by atoms with Gasteiger partial charge >= 0.3 is 5.97 Å². The summed E-state index contributed by atoms with van der Waals surface area (Å²) in [6.45, 7) is 3.98. The second-order valence-electron chi connectivity index (χ2n) is 6.52. The molecule has 0 unspecified atom stereocenters. The molecule has 0 saturated carbocycles. The summed E-state index contributed by atoms with van der Waals surface area (Å²) in [7, 11) is -3.33. The highest BCUT2D eigenvalue weighted by Gasteiger charge is 2.28. The molecule has 29 heavy (non-hydrogen) atoms. The van der Waals surface area contributed by atoms with Crippen molar-refractivity contribution in [1.82, 2.24) is 0 Å². The van der Waals surface area contributed by atoms with E-state index in [-0.39, 0.29) is 18.1 Å². The number of rotatable bonds is 8. The van der Waals surface area contributed by atoms with E-state index in [0.717, 1.165) is 5.56 Å². The summed E-state index contributed by atoms with van der Waals surface area (Å²) < 4.78 is 36.1. The Kier molecular flexibility index (Phi) is 6.22. The van der Waals surface area contributed by atoms with E-state index in [1.807, 2.05) is 6.92 Å². The standard InChI is InChI=1S/C21H23NO6S/c1-3-27-18-8-5-15(6-9-18)21(24)28-14-20(23)17-7-10-19-16(13-17)11-12-22(19)29(25,26)4-2/h5-10,13H,3-4,11-12,14H2,1-2H3. The van der Waals surface area contributed by atoms with Gasteiger partial charge in [0.2, 0.25) is 10.0 Å². The second kappa shape index (κ2) is 8.65. The molecule has 0 aliphatic carbocycles. The van der Waals surface area contributed by atoms with Crippen LogP contribution in [-0.2, 0) is 21.2 Å². The zero-order valence-corrected chi connectivity index (χ0v) is 17.2. The minimum Gasteiger partial charge on any atom is -0.494 e. The zero-order chi connectivity index (χ0) is 21.0. The number of ether oxygens (including phenoxy) is 2. The number of esters is 1. The number of anilines is 1. The molecule has 0 spiro atoms. The lowest BCUT2D eigenvalue weighted by molar-refractivity contribution is 0.0474. The van der Waals surface area contributed by atoms with E-state index >= 15 is 0 Å². The maximum Gasteiger partial charge on any atom is 0.338 e. The van der Waals surface area contributed by atoms with Gasteiger partial charge in [0, 0.05) is 12.1 Å². The summed E-state index contributed by atoms with van der Waals surface area (Å²) >= 11 is 0. The molecule has 154 valence electrons. The minimum atomic E-state index is -3.33. The lowest BCUT2D eigenvalue weighted by Crippen LogP contribution is -2.30. The maximum atomic E-state index is 12.4.